The van der Waals surface area contributed by atoms with Crippen molar-refractivity contribution in [1.82, 2.24) is 10.6 Å². The molecule has 5 heteroatoms. The molecule has 0 saturated heterocycles. The van der Waals surface area contributed by atoms with Gasteiger partial charge >= 0.3 is 0 Å². The molecule has 0 saturated carbocycles. The second-order valence-corrected chi connectivity index (χ2v) is 5.90. The average molecular weight is 289 g/mol. The van der Waals surface area contributed by atoms with Crippen LogP contribution in [-0.4, -0.2) is 24.1 Å². The highest BCUT2D eigenvalue weighted by Gasteiger charge is 2.19. The van der Waals surface area contributed by atoms with E-state index in [1.165, 1.54) is 0 Å². The van der Waals surface area contributed by atoms with E-state index >= 15 is 0 Å². The Labute approximate surface area is 126 Å². The van der Waals surface area contributed by atoms with Gasteiger partial charge in [0, 0.05) is 17.6 Å². The van der Waals surface area contributed by atoms with Crippen LogP contribution in [0.1, 0.15) is 33.3 Å². The van der Waals surface area contributed by atoms with Gasteiger partial charge in [-0.3, -0.25) is 4.79 Å². The first-order chi connectivity index (χ1) is 9.83. The zero-order valence-corrected chi connectivity index (χ0v) is 13.1. The van der Waals surface area contributed by atoms with Gasteiger partial charge in [0.25, 0.3) is 0 Å². The van der Waals surface area contributed by atoms with E-state index < -0.39 is 0 Å². The van der Waals surface area contributed by atoms with Crippen molar-refractivity contribution in [2.45, 2.75) is 45.8 Å². The highest BCUT2D eigenvalue weighted by molar-refractivity contribution is 5.81. The molecule has 1 atom stereocenters. The maximum absolute atomic E-state index is 12.0. The lowest BCUT2D eigenvalue weighted by molar-refractivity contribution is -0.124. The molecule has 1 rings (SSSR count). The van der Waals surface area contributed by atoms with E-state index in [4.69, 9.17) is 10.00 Å². The first-order valence-electron chi connectivity index (χ1n) is 6.96. The van der Waals surface area contributed by atoms with Gasteiger partial charge in [-0.15, -0.1) is 0 Å². The zero-order valence-electron chi connectivity index (χ0n) is 13.1. The lowest BCUT2D eigenvalue weighted by atomic mass is 10.1. The molecule has 1 aromatic rings. The number of carbonyl (C=O) groups excluding carboxylic acids is 1. The SMILES string of the molecule is CC(NCc1ccccc1OCC#N)C(=O)NC(C)(C)C. The summed E-state index contributed by atoms with van der Waals surface area (Å²) in [6.07, 6.45) is 0. The molecule has 0 heterocycles. The number of nitriles is 1. The van der Waals surface area contributed by atoms with Crippen molar-refractivity contribution < 1.29 is 9.53 Å². The Balaban J connectivity index is 2.59. The molecule has 2 N–H and O–H groups in total. The summed E-state index contributed by atoms with van der Waals surface area (Å²) >= 11 is 0. The van der Waals surface area contributed by atoms with Gasteiger partial charge in [0.15, 0.2) is 6.61 Å². The minimum absolute atomic E-state index is 0.0110. The Hall–Kier alpha value is -2.06. The van der Waals surface area contributed by atoms with Crippen LogP contribution in [0.5, 0.6) is 5.75 Å². The normalized spacial score (nSPS) is 12.3. The van der Waals surface area contributed by atoms with Crippen LogP contribution >= 0.6 is 0 Å². The summed E-state index contributed by atoms with van der Waals surface area (Å²) in [5.74, 6) is 0.618. The van der Waals surface area contributed by atoms with E-state index in [9.17, 15) is 4.79 Å². The fourth-order valence-corrected chi connectivity index (χ4v) is 1.73. The van der Waals surface area contributed by atoms with E-state index in [1.807, 2.05) is 58.0 Å². The predicted octanol–water partition coefficient (Wildman–Crippen LogP) is 1.98. The summed E-state index contributed by atoms with van der Waals surface area (Å²) in [7, 11) is 0. The fraction of sp³-hybridized carbons (Fsp3) is 0.500. The lowest BCUT2D eigenvalue weighted by Crippen LogP contribution is -2.49. The van der Waals surface area contributed by atoms with E-state index in [0.29, 0.717) is 12.3 Å². The summed E-state index contributed by atoms with van der Waals surface area (Å²) in [5.41, 5.74) is 0.670. The minimum atomic E-state index is -0.312. The number of amides is 1. The summed E-state index contributed by atoms with van der Waals surface area (Å²) in [4.78, 5) is 12.0. The van der Waals surface area contributed by atoms with Crippen LogP contribution in [0.3, 0.4) is 0 Å². The molecule has 1 unspecified atom stereocenters. The largest absolute Gasteiger partial charge is 0.478 e. The first-order valence-corrected chi connectivity index (χ1v) is 6.96. The Kier molecular flexibility index (Phi) is 6.19. The fourth-order valence-electron chi connectivity index (χ4n) is 1.73. The van der Waals surface area contributed by atoms with Gasteiger partial charge in [0.2, 0.25) is 5.91 Å². The van der Waals surface area contributed by atoms with Crippen molar-refractivity contribution >= 4 is 5.91 Å². The van der Waals surface area contributed by atoms with Gasteiger partial charge in [0.1, 0.15) is 11.8 Å². The summed E-state index contributed by atoms with van der Waals surface area (Å²) in [6.45, 7) is 8.17. The number of rotatable bonds is 6. The maximum Gasteiger partial charge on any atom is 0.237 e. The first kappa shape index (κ1) is 17.0. The van der Waals surface area contributed by atoms with Gasteiger partial charge in [-0.1, -0.05) is 18.2 Å². The molecule has 0 bridgehead atoms. The molecule has 0 aliphatic carbocycles. The second kappa shape index (κ2) is 7.65. The van der Waals surface area contributed by atoms with Gasteiger partial charge in [-0.2, -0.15) is 5.26 Å². The summed E-state index contributed by atoms with van der Waals surface area (Å²) in [5, 5.41) is 14.7. The van der Waals surface area contributed by atoms with Crippen molar-refractivity contribution in [2.24, 2.45) is 0 Å². The van der Waals surface area contributed by atoms with Crippen LogP contribution in [0, 0.1) is 11.3 Å². The molecular formula is C16H23N3O2. The second-order valence-electron chi connectivity index (χ2n) is 5.90. The molecule has 0 radical (unpaired) electrons. The molecule has 0 aliphatic rings. The molecule has 5 nitrogen and oxygen atoms in total. The molecule has 21 heavy (non-hydrogen) atoms. The zero-order chi connectivity index (χ0) is 15.9. The molecule has 0 aliphatic heterocycles. The molecule has 1 aromatic carbocycles. The highest BCUT2D eigenvalue weighted by atomic mass is 16.5. The van der Waals surface area contributed by atoms with Gasteiger partial charge in [-0.25, -0.2) is 0 Å². The number of nitrogens with zero attached hydrogens (tertiary/aromatic N) is 1. The van der Waals surface area contributed by atoms with Crippen molar-refractivity contribution in [1.29, 1.82) is 5.26 Å². The highest BCUT2D eigenvalue weighted by Crippen LogP contribution is 2.17. The number of hydrogen-bond acceptors (Lipinski definition) is 4. The Morgan fingerprint density at radius 2 is 2.05 bits per heavy atom. The smallest absolute Gasteiger partial charge is 0.237 e. The molecule has 0 aromatic heterocycles. The van der Waals surface area contributed by atoms with Gasteiger partial charge < -0.3 is 15.4 Å². The van der Waals surface area contributed by atoms with Crippen LogP contribution in [0.15, 0.2) is 24.3 Å². The average Bonchev–Trinajstić information content (AvgIpc) is 2.41. The molecule has 0 fully saturated rings. The third kappa shape index (κ3) is 6.28. The van der Waals surface area contributed by atoms with Crippen molar-refractivity contribution in [3.05, 3.63) is 29.8 Å². The topological polar surface area (TPSA) is 74.1 Å². The quantitative estimate of drug-likeness (QED) is 0.840. The maximum atomic E-state index is 12.0. The molecule has 114 valence electrons. The van der Waals surface area contributed by atoms with Crippen molar-refractivity contribution in [2.75, 3.05) is 6.61 Å². The molecular weight excluding hydrogens is 266 g/mol. The van der Waals surface area contributed by atoms with Crippen LogP contribution < -0.4 is 15.4 Å². The van der Waals surface area contributed by atoms with E-state index in [1.54, 1.807) is 0 Å². The summed E-state index contributed by atoms with van der Waals surface area (Å²) in [6, 6.07) is 9.11. The third-order valence-corrected chi connectivity index (χ3v) is 2.76. The number of para-hydroxylation sites is 1. The van der Waals surface area contributed by atoms with E-state index in [2.05, 4.69) is 10.6 Å². The van der Waals surface area contributed by atoms with E-state index in [0.717, 1.165) is 5.56 Å². The Morgan fingerprint density at radius 3 is 2.67 bits per heavy atom. The lowest BCUT2D eigenvalue weighted by Gasteiger charge is -2.24. The van der Waals surface area contributed by atoms with Crippen molar-refractivity contribution in [3.8, 4) is 11.8 Å². The van der Waals surface area contributed by atoms with Crippen LogP contribution in [0.4, 0.5) is 0 Å². The third-order valence-electron chi connectivity index (χ3n) is 2.76. The Bertz CT molecular complexity index is 515. The standard InChI is InChI=1S/C16H23N3O2/c1-12(15(20)19-16(2,3)4)18-11-13-7-5-6-8-14(13)21-10-9-17/h5-8,12,18H,10-11H2,1-4H3,(H,19,20). The van der Waals surface area contributed by atoms with Crippen molar-refractivity contribution in [3.63, 3.8) is 0 Å². The monoisotopic (exact) mass is 289 g/mol. The van der Waals surface area contributed by atoms with Crippen LogP contribution in [0.25, 0.3) is 0 Å². The summed E-state index contributed by atoms with van der Waals surface area (Å²) < 4.78 is 5.36. The molecule has 1 amide bonds. The van der Waals surface area contributed by atoms with Crippen LogP contribution in [0.2, 0.25) is 0 Å². The van der Waals surface area contributed by atoms with Gasteiger partial charge in [-0.05, 0) is 33.8 Å². The number of ether oxygens (including phenoxy) is 1. The number of hydrogen-bond donors (Lipinski definition) is 2. The predicted molar refractivity (Wildman–Crippen MR) is 81.7 cm³/mol. The van der Waals surface area contributed by atoms with Crippen LogP contribution in [-0.2, 0) is 11.3 Å². The number of benzene rings is 1. The Morgan fingerprint density at radius 1 is 1.38 bits per heavy atom. The van der Waals surface area contributed by atoms with E-state index in [-0.39, 0.29) is 24.1 Å². The number of nitrogens with one attached hydrogen (secondary N) is 2. The molecule has 0 spiro atoms. The minimum Gasteiger partial charge on any atom is -0.478 e. The van der Waals surface area contributed by atoms with Gasteiger partial charge in [0.05, 0.1) is 6.04 Å². The number of carbonyl (C=O) groups is 1.